The molecule has 1 fully saturated rings. The van der Waals surface area contributed by atoms with E-state index < -0.39 is 0 Å². The molecule has 42 heavy (non-hydrogen) atoms. The Bertz CT molecular complexity index is 1690. The van der Waals surface area contributed by atoms with Gasteiger partial charge in [0.25, 0.3) is 0 Å². The predicted molar refractivity (Wildman–Crippen MR) is 158 cm³/mol. The summed E-state index contributed by atoms with van der Waals surface area (Å²) in [5.41, 5.74) is 12.6. The molecule has 0 aliphatic carbocycles. The van der Waals surface area contributed by atoms with Gasteiger partial charge in [-0.25, -0.2) is 14.7 Å². The van der Waals surface area contributed by atoms with Crippen molar-refractivity contribution >= 4 is 23.3 Å². The number of aromatic nitrogens is 3. The molecule has 3 aromatic rings. The van der Waals surface area contributed by atoms with Crippen LogP contribution in [0.4, 0.5) is 0 Å². The summed E-state index contributed by atoms with van der Waals surface area (Å²) in [6, 6.07) is 13.4. The molecule has 5 heterocycles. The molecule has 1 aromatic heterocycles. The highest BCUT2D eigenvalue weighted by molar-refractivity contribution is 6.33. The molecule has 0 spiro atoms. The number of likely N-dealkylation sites (tertiary alicyclic amines) is 1. The van der Waals surface area contributed by atoms with Gasteiger partial charge in [0, 0.05) is 36.0 Å². The Hall–Kier alpha value is -4.57. The lowest BCUT2D eigenvalue weighted by Gasteiger charge is -2.33. The number of hydrogen-bond acceptors (Lipinski definition) is 8. The van der Waals surface area contributed by atoms with E-state index in [1.165, 1.54) is 5.57 Å². The Morgan fingerprint density at radius 2 is 2.05 bits per heavy atom. The summed E-state index contributed by atoms with van der Waals surface area (Å²) in [7, 11) is 1.65. The van der Waals surface area contributed by atoms with Crippen LogP contribution in [0.25, 0.3) is 11.4 Å². The highest BCUT2D eigenvalue weighted by atomic mass is 35.5. The van der Waals surface area contributed by atoms with Gasteiger partial charge in [-0.05, 0) is 54.7 Å². The first-order chi connectivity index (χ1) is 20.5. The lowest BCUT2D eigenvalue weighted by molar-refractivity contribution is -0.121. The number of benzene rings is 2. The van der Waals surface area contributed by atoms with Crippen LogP contribution in [0.5, 0.6) is 5.75 Å². The fraction of sp³-hybridized carbons (Fsp3) is 0.290. The predicted octanol–water partition coefficient (Wildman–Crippen LogP) is 4.08. The number of amidine groups is 1. The Labute approximate surface area is 248 Å². The van der Waals surface area contributed by atoms with E-state index in [0.717, 1.165) is 77.6 Å². The average molecular weight is 584 g/mol. The molecule has 11 heteroatoms. The summed E-state index contributed by atoms with van der Waals surface area (Å²) in [5.74, 6) is 1.88. The molecule has 1 saturated heterocycles. The maximum atomic E-state index is 12.2. The van der Waals surface area contributed by atoms with Crippen molar-refractivity contribution in [1.29, 1.82) is 0 Å². The van der Waals surface area contributed by atoms with Gasteiger partial charge in [0.1, 0.15) is 36.8 Å². The second-order valence-electron chi connectivity index (χ2n) is 10.7. The minimum atomic E-state index is -0.345. The van der Waals surface area contributed by atoms with E-state index >= 15 is 0 Å². The Kier molecular flexibility index (Phi) is 6.70. The van der Waals surface area contributed by atoms with Crippen LogP contribution >= 0.6 is 11.6 Å². The molecule has 10 nitrogen and oxygen atoms in total. The van der Waals surface area contributed by atoms with Gasteiger partial charge < -0.3 is 25.0 Å². The quantitative estimate of drug-likeness (QED) is 0.446. The molecule has 0 saturated carbocycles. The van der Waals surface area contributed by atoms with Crippen molar-refractivity contribution < 1.29 is 14.3 Å². The summed E-state index contributed by atoms with van der Waals surface area (Å²) < 4.78 is 13.0. The van der Waals surface area contributed by atoms with Gasteiger partial charge in [-0.3, -0.25) is 4.79 Å². The number of primary amides is 1. The summed E-state index contributed by atoms with van der Waals surface area (Å²) >= 11 is 6.82. The molecule has 7 rings (SSSR count). The lowest BCUT2D eigenvalue weighted by atomic mass is 10.0. The van der Waals surface area contributed by atoms with E-state index in [0.29, 0.717) is 24.0 Å². The fourth-order valence-corrected chi connectivity index (χ4v) is 6.40. The molecular weight excluding hydrogens is 554 g/mol. The van der Waals surface area contributed by atoms with Crippen molar-refractivity contribution in [2.24, 2.45) is 10.7 Å². The highest BCUT2D eigenvalue weighted by Crippen LogP contribution is 2.41. The van der Waals surface area contributed by atoms with E-state index in [1.807, 2.05) is 48.7 Å². The van der Waals surface area contributed by atoms with Crippen LogP contribution < -0.4 is 10.5 Å². The van der Waals surface area contributed by atoms with Crippen molar-refractivity contribution in [3.05, 3.63) is 99.9 Å². The standard InChI is InChI=1S/C31H30ClN7O3/c1-41-22-7-4-19(5-8-22)15-37-18-35-30(36-37)23-9-6-20(13-25(23)32)31-34-14-24-27(38-11-2-3-26(38)29(33)40)17-42-16-21-10-12-39(31)28(21)24/h4-9,13-14,17-18,26H,2-3,10-12,15-16H2,1H3,(H2,33,40)/t26-/m0/s1. The van der Waals surface area contributed by atoms with Crippen LogP contribution in [0.3, 0.4) is 0 Å². The number of hydrogen-bond donors (Lipinski definition) is 1. The monoisotopic (exact) mass is 583 g/mol. The average Bonchev–Trinajstić information content (AvgIpc) is 3.74. The highest BCUT2D eigenvalue weighted by Gasteiger charge is 2.39. The van der Waals surface area contributed by atoms with E-state index in [1.54, 1.807) is 24.4 Å². The van der Waals surface area contributed by atoms with Crippen LogP contribution in [0.1, 0.15) is 30.4 Å². The van der Waals surface area contributed by atoms with Gasteiger partial charge in [-0.2, -0.15) is 5.10 Å². The number of halogens is 1. The maximum absolute atomic E-state index is 12.2. The zero-order valence-electron chi connectivity index (χ0n) is 23.2. The number of aliphatic imine (C=N–C) groups is 1. The van der Waals surface area contributed by atoms with Gasteiger partial charge in [0.2, 0.25) is 5.91 Å². The van der Waals surface area contributed by atoms with E-state index in [9.17, 15) is 4.79 Å². The van der Waals surface area contributed by atoms with Crippen LogP contribution in [0.15, 0.2) is 88.8 Å². The minimum absolute atomic E-state index is 0.314. The molecule has 1 amide bonds. The summed E-state index contributed by atoms with van der Waals surface area (Å²) in [6.45, 7) is 2.62. The molecule has 214 valence electrons. The Morgan fingerprint density at radius 1 is 1.19 bits per heavy atom. The molecule has 4 aliphatic heterocycles. The Balaban J connectivity index is 1.16. The number of nitrogens with two attached hydrogens (primary N) is 1. The zero-order valence-corrected chi connectivity index (χ0v) is 23.9. The van der Waals surface area contributed by atoms with Gasteiger partial charge in [0.05, 0.1) is 30.1 Å². The molecule has 4 aliphatic rings. The third kappa shape index (κ3) is 4.61. The van der Waals surface area contributed by atoms with Crippen LogP contribution in [0.2, 0.25) is 5.02 Å². The molecular formula is C31H30ClN7O3. The molecule has 0 unspecified atom stereocenters. The van der Waals surface area contributed by atoms with E-state index in [2.05, 4.69) is 19.9 Å². The first-order valence-electron chi connectivity index (χ1n) is 14.0. The lowest BCUT2D eigenvalue weighted by Crippen LogP contribution is -2.41. The van der Waals surface area contributed by atoms with Crippen molar-refractivity contribution in [3.63, 3.8) is 0 Å². The number of carbonyl (C=O) groups is 1. The topological polar surface area (TPSA) is 111 Å². The molecule has 2 N–H and O–H groups in total. The second kappa shape index (κ2) is 10.7. The Morgan fingerprint density at radius 3 is 2.83 bits per heavy atom. The number of rotatable bonds is 7. The van der Waals surface area contributed by atoms with Gasteiger partial charge in [-0.15, -0.1) is 0 Å². The smallest absolute Gasteiger partial charge is 0.240 e. The third-order valence-corrected chi connectivity index (χ3v) is 8.51. The number of carbonyl (C=O) groups excluding carboxylic acids is 1. The van der Waals surface area contributed by atoms with Crippen LogP contribution in [0, 0.1) is 0 Å². The fourth-order valence-electron chi connectivity index (χ4n) is 6.14. The summed E-state index contributed by atoms with van der Waals surface area (Å²) in [5, 5.41) is 5.21. The van der Waals surface area contributed by atoms with Crippen molar-refractivity contribution in [2.75, 3.05) is 26.8 Å². The second-order valence-corrected chi connectivity index (χ2v) is 11.1. The first kappa shape index (κ1) is 26.3. The molecule has 0 bridgehead atoms. The van der Waals surface area contributed by atoms with E-state index in [-0.39, 0.29) is 11.9 Å². The minimum Gasteiger partial charge on any atom is -0.497 e. The number of nitrogens with zero attached hydrogens (tertiary/aromatic N) is 6. The third-order valence-electron chi connectivity index (χ3n) is 8.20. The number of amides is 1. The van der Waals surface area contributed by atoms with Crippen molar-refractivity contribution in [2.45, 2.75) is 31.8 Å². The maximum Gasteiger partial charge on any atom is 0.240 e. The SMILES string of the molecule is COc1ccc(Cn2cnc(-c3ccc(C4=NC=C5C(N6CCC[C@H]6C(N)=O)=COCC6=C5N4CC6)cc3Cl)n2)cc1. The van der Waals surface area contributed by atoms with Crippen LogP contribution in [-0.2, 0) is 16.1 Å². The number of methoxy groups -OCH3 is 1. The molecule has 0 radical (unpaired) electrons. The van der Waals surface area contributed by atoms with Gasteiger partial charge >= 0.3 is 0 Å². The van der Waals surface area contributed by atoms with Crippen molar-refractivity contribution in [1.82, 2.24) is 24.6 Å². The summed E-state index contributed by atoms with van der Waals surface area (Å²) in [6.07, 6.45) is 7.87. The molecule has 2 aromatic carbocycles. The first-order valence-corrected chi connectivity index (χ1v) is 14.4. The zero-order chi connectivity index (χ0) is 28.8. The van der Waals surface area contributed by atoms with Crippen LogP contribution in [-0.4, -0.2) is 69.2 Å². The van der Waals surface area contributed by atoms with E-state index in [4.69, 9.17) is 31.8 Å². The largest absolute Gasteiger partial charge is 0.497 e. The number of ether oxygens (including phenoxy) is 2. The van der Waals surface area contributed by atoms with Gasteiger partial charge in [-0.1, -0.05) is 29.8 Å². The molecule has 1 atom stereocenters. The summed E-state index contributed by atoms with van der Waals surface area (Å²) in [4.78, 5) is 25.9. The van der Waals surface area contributed by atoms with Gasteiger partial charge in [0.15, 0.2) is 5.82 Å². The van der Waals surface area contributed by atoms with Crippen molar-refractivity contribution in [3.8, 4) is 17.1 Å². The normalized spacial score (nSPS) is 19.6.